The largest absolute Gasteiger partial charge is 0.573 e. The molecule has 1 atom stereocenters. The number of para-hydroxylation sites is 2. The molecule has 2 saturated heterocycles. The minimum atomic E-state index is -5.09. The number of aromatic nitrogens is 3. The van der Waals surface area contributed by atoms with Crippen molar-refractivity contribution in [1.82, 2.24) is 34.1 Å². The van der Waals surface area contributed by atoms with Crippen molar-refractivity contribution in [1.29, 1.82) is 0 Å². The van der Waals surface area contributed by atoms with Crippen LogP contribution in [-0.4, -0.2) is 119 Å². The van der Waals surface area contributed by atoms with Crippen LogP contribution in [0.2, 0.25) is 0 Å². The number of carbonyl (C=O) groups excluding carboxylic acids is 4. The van der Waals surface area contributed by atoms with E-state index >= 15 is 4.39 Å². The molecular formula is C44H46F4N8O6. The number of nitrogens with zero attached hydrogens (tertiary/aromatic N) is 6. The number of carbonyl (C=O) groups is 4. The van der Waals surface area contributed by atoms with Gasteiger partial charge in [-0.15, -0.1) is 13.2 Å². The number of nitrogens with one attached hydrogen (secondary N) is 2. The van der Waals surface area contributed by atoms with Crippen LogP contribution in [0.4, 0.5) is 23.2 Å². The predicted molar refractivity (Wildman–Crippen MR) is 224 cm³/mol. The molecule has 1 unspecified atom stereocenters. The van der Waals surface area contributed by atoms with E-state index in [-0.39, 0.29) is 75.9 Å². The Morgan fingerprint density at radius 1 is 0.952 bits per heavy atom. The van der Waals surface area contributed by atoms with Crippen LogP contribution in [0.5, 0.6) is 5.75 Å². The number of fused-ring (bicyclic) bond motifs is 2. The summed E-state index contributed by atoms with van der Waals surface area (Å²) in [7, 11) is 4.71. The number of benzene rings is 3. The molecular weight excluding hydrogens is 813 g/mol. The zero-order chi connectivity index (χ0) is 44.2. The molecule has 0 bridgehead atoms. The molecule has 0 radical (unpaired) electrons. The first-order valence-corrected chi connectivity index (χ1v) is 20.4. The number of piperidine rings is 1. The molecule has 14 nitrogen and oxygen atoms in total. The minimum Gasteiger partial charge on any atom is -0.403 e. The van der Waals surface area contributed by atoms with E-state index in [2.05, 4.69) is 15.2 Å². The molecule has 62 heavy (non-hydrogen) atoms. The van der Waals surface area contributed by atoms with E-state index in [1.54, 1.807) is 30.1 Å². The maximum atomic E-state index is 16.6. The van der Waals surface area contributed by atoms with E-state index in [4.69, 9.17) is 4.74 Å². The zero-order valence-electron chi connectivity index (χ0n) is 34.7. The first-order chi connectivity index (χ1) is 29.5. The van der Waals surface area contributed by atoms with E-state index < -0.39 is 35.8 Å². The summed E-state index contributed by atoms with van der Waals surface area (Å²) in [4.78, 5) is 73.2. The first-order valence-electron chi connectivity index (χ1n) is 20.4. The smallest absolute Gasteiger partial charge is 0.403 e. The molecule has 5 aromatic rings. The van der Waals surface area contributed by atoms with E-state index in [1.165, 1.54) is 53.3 Å². The average molecular weight is 859 g/mol. The first kappa shape index (κ1) is 42.3. The van der Waals surface area contributed by atoms with E-state index in [1.807, 2.05) is 23.1 Å². The van der Waals surface area contributed by atoms with Gasteiger partial charge in [0.05, 0.1) is 22.2 Å². The van der Waals surface area contributed by atoms with Gasteiger partial charge in [-0.25, -0.2) is 9.18 Å². The molecule has 2 N–H and O–H groups in total. The highest BCUT2D eigenvalue weighted by Gasteiger charge is 2.36. The lowest BCUT2D eigenvalue weighted by Gasteiger charge is -2.37. The Balaban J connectivity index is 1.10. The molecule has 3 aromatic carbocycles. The van der Waals surface area contributed by atoms with Gasteiger partial charge in [-0.1, -0.05) is 30.3 Å². The zero-order valence-corrected chi connectivity index (χ0v) is 34.7. The van der Waals surface area contributed by atoms with Gasteiger partial charge in [0, 0.05) is 96.8 Å². The van der Waals surface area contributed by atoms with Crippen molar-refractivity contribution in [3.05, 3.63) is 87.7 Å². The highest BCUT2D eigenvalue weighted by Crippen LogP contribution is 2.46. The normalized spacial score (nSPS) is 17.7. The average Bonchev–Trinajstić information content (AvgIpc) is 3.79. The summed E-state index contributed by atoms with van der Waals surface area (Å²) in [6.45, 7) is 4.19. The van der Waals surface area contributed by atoms with Crippen molar-refractivity contribution >= 4 is 56.8 Å². The standard InChI is InChI=1S/C44H46F4N8O6/c1-25(57)55-16-7-9-27(24-55)29-22-30(31-23-32(42(60)51(2)3)49-38(31)37(29)45)28-10-6-12-34(40(28)62-44(46,47)48)54-20-18-53(19-21-54)17-15-26-8-5-11-33-39(26)52(4)43(61)56(33)35-13-14-36(58)50-41(35)59/h5-6,8-12,22-23,35,49H,7,13-21,24H2,1-4H3,(H,50,58,59). The summed E-state index contributed by atoms with van der Waals surface area (Å²) in [5, 5.41) is 2.51. The van der Waals surface area contributed by atoms with Gasteiger partial charge < -0.3 is 24.4 Å². The van der Waals surface area contributed by atoms with Gasteiger partial charge in [-0.2, -0.15) is 0 Å². The van der Waals surface area contributed by atoms with Crippen molar-refractivity contribution in [3.8, 4) is 16.9 Å². The minimum absolute atomic E-state index is 0.0409. The van der Waals surface area contributed by atoms with Crippen LogP contribution in [0, 0.1) is 5.82 Å². The second-order valence-corrected chi connectivity index (χ2v) is 16.2. The van der Waals surface area contributed by atoms with Gasteiger partial charge in [-0.05, 0) is 60.2 Å². The Morgan fingerprint density at radius 3 is 2.39 bits per heavy atom. The number of imidazole rings is 1. The summed E-state index contributed by atoms with van der Waals surface area (Å²) in [5.74, 6) is -2.71. The lowest BCUT2D eigenvalue weighted by molar-refractivity contribution is -0.274. The molecule has 0 aliphatic carbocycles. The second kappa shape index (κ2) is 16.4. The van der Waals surface area contributed by atoms with Crippen molar-refractivity contribution in [2.75, 3.05) is 64.8 Å². The number of H-pyrrole nitrogens is 1. The Morgan fingerprint density at radius 2 is 1.69 bits per heavy atom. The number of piperazine rings is 1. The van der Waals surface area contributed by atoms with E-state index in [9.17, 15) is 37.1 Å². The third kappa shape index (κ3) is 7.94. The van der Waals surface area contributed by atoms with Crippen LogP contribution in [0.3, 0.4) is 0 Å². The number of imide groups is 1. The number of ether oxygens (including phenoxy) is 1. The highest BCUT2D eigenvalue weighted by molar-refractivity contribution is 6.06. The number of aromatic amines is 1. The molecule has 8 rings (SSSR count). The molecule has 2 fully saturated rings. The molecule has 0 spiro atoms. The Labute approximate surface area is 353 Å². The van der Waals surface area contributed by atoms with Gasteiger partial charge in [0.2, 0.25) is 17.7 Å². The third-order valence-corrected chi connectivity index (χ3v) is 12.1. The van der Waals surface area contributed by atoms with Crippen LogP contribution in [-0.2, 0) is 27.9 Å². The number of aryl methyl sites for hydroxylation is 1. The van der Waals surface area contributed by atoms with Crippen molar-refractivity contribution in [2.24, 2.45) is 7.05 Å². The van der Waals surface area contributed by atoms with Crippen LogP contribution in [0.25, 0.3) is 38.6 Å². The molecule has 5 heterocycles. The number of halogens is 4. The van der Waals surface area contributed by atoms with Crippen LogP contribution in [0.15, 0.2) is 59.4 Å². The predicted octanol–water partition coefficient (Wildman–Crippen LogP) is 5.21. The number of hydrogen-bond donors (Lipinski definition) is 2. The third-order valence-electron chi connectivity index (χ3n) is 12.1. The Bertz CT molecular complexity index is 2720. The maximum Gasteiger partial charge on any atom is 0.573 e. The summed E-state index contributed by atoms with van der Waals surface area (Å²) in [6.07, 6.45) is -1.94. The van der Waals surface area contributed by atoms with Crippen molar-refractivity contribution in [3.63, 3.8) is 0 Å². The number of hydrogen-bond acceptors (Lipinski definition) is 8. The molecule has 3 aliphatic rings. The number of amides is 4. The summed E-state index contributed by atoms with van der Waals surface area (Å²) >= 11 is 0. The van der Waals surface area contributed by atoms with E-state index in [0.717, 1.165) is 5.56 Å². The molecule has 0 saturated carbocycles. The van der Waals surface area contributed by atoms with Crippen LogP contribution >= 0.6 is 0 Å². The number of rotatable bonds is 9. The lowest BCUT2D eigenvalue weighted by atomic mass is 9.92. The summed E-state index contributed by atoms with van der Waals surface area (Å²) in [5.41, 5.74) is 2.77. The highest BCUT2D eigenvalue weighted by atomic mass is 19.4. The summed E-state index contributed by atoms with van der Waals surface area (Å²) in [6, 6.07) is 12.3. The van der Waals surface area contributed by atoms with Crippen molar-refractivity contribution in [2.45, 2.75) is 45.0 Å². The quantitative estimate of drug-likeness (QED) is 0.152. The number of anilines is 1. The fourth-order valence-electron chi connectivity index (χ4n) is 8.93. The number of alkyl halides is 3. The second-order valence-electron chi connectivity index (χ2n) is 16.2. The fourth-order valence-corrected chi connectivity index (χ4v) is 8.93. The van der Waals surface area contributed by atoms with Crippen LogP contribution < -0.4 is 20.6 Å². The van der Waals surface area contributed by atoms with Gasteiger partial charge in [-0.3, -0.25) is 38.5 Å². The van der Waals surface area contributed by atoms with E-state index in [0.29, 0.717) is 68.7 Å². The lowest BCUT2D eigenvalue weighted by Crippen LogP contribution is -2.47. The molecule has 3 aliphatic heterocycles. The molecule has 4 amide bonds. The maximum absolute atomic E-state index is 16.6. The fraction of sp³-hybridized carbons (Fsp3) is 0.386. The Kier molecular flexibility index (Phi) is 11.2. The van der Waals surface area contributed by atoms with Crippen molar-refractivity contribution < 1.29 is 41.5 Å². The van der Waals surface area contributed by atoms with Gasteiger partial charge >= 0.3 is 12.1 Å². The topological polar surface area (TPSA) is 145 Å². The molecule has 326 valence electrons. The molecule has 18 heteroatoms. The monoisotopic (exact) mass is 858 g/mol. The SMILES string of the molecule is CC(=O)N1CCC=C(c2cc(-c3cccc(N4CCN(CCc5cccc6c5n(C)c(=O)n6C5CCC(=O)NC5=O)CC4)c3OC(F)(F)F)c3cc(C(=O)N(C)C)[nH]c3c2F)C1. The molecule has 2 aromatic heterocycles. The summed E-state index contributed by atoms with van der Waals surface area (Å²) < 4.78 is 67.6. The Hall–Kier alpha value is -6.43. The van der Waals surface area contributed by atoms with Crippen LogP contribution in [0.1, 0.15) is 53.8 Å². The van der Waals surface area contributed by atoms with Gasteiger partial charge in [0.1, 0.15) is 11.7 Å². The van der Waals surface area contributed by atoms with Gasteiger partial charge in [0.15, 0.2) is 11.6 Å². The van der Waals surface area contributed by atoms with Gasteiger partial charge in [0.25, 0.3) is 5.91 Å².